The number of nitrogens with zero attached hydrogens (tertiary/aromatic N) is 2. The van der Waals surface area contributed by atoms with Crippen LogP contribution in [-0.4, -0.2) is 16.7 Å². The van der Waals surface area contributed by atoms with Gasteiger partial charge in [-0.2, -0.15) is 4.98 Å². The van der Waals surface area contributed by atoms with Crippen LogP contribution in [0.4, 0.5) is 4.39 Å². The fourth-order valence-corrected chi connectivity index (χ4v) is 1.54. The van der Waals surface area contributed by atoms with Gasteiger partial charge >= 0.3 is 0 Å². The molecule has 0 saturated heterocycles. The molecule has 17 heavy (non-hydrogen) atoms. The van der Waals surface area contributed by atoms with Gasteiger partial charge in [-0.1, -0.05) is 17.3 Å². The molecule has 0 fully saturated rings. The van der Waals surface area contributed by atoms with Crippen molar-refractivity contribution in [3.8, 4) is 11.5 Å². The van der Waals surface area contributed by atoms with Crippen LogP contribution in [0.2, 0.25) is 0 Å². The molecular weight excluding hydrogens is 221 g/mol. The van der Waals surface area contributed by atoms with Gasteiger partial charge in [0.25, 0.3) is 5.89 Å². The van der Waals surface area contributed by atoms with Crippen LogP contribution in [0, 0.1) is 12.7 Å². The standard InChI is InChI=1S/C12H14FN3O/c1-8-4-2-5-9(11(8)13)12-15-10(16-17-12)6-3-7-14/h2,4-5H,3,6-7,14H2,1H3. The Morgan fingerprint density at radius 1 is 1.41 bits per heavy atom. The third-order valence-corrected chi connectivity index (χ3v) is 2.49. The van der Waals surface area contributed by atoms with Gasteiger partial charge in [-0.05, 0) is 31.5 Å². The van der Waals surface area contributed by atoms with E-state index in [0.29, 0.717) is 29.9 Å². The first-order chi connectivity index (χ1) is 8.22. The maximum Gasteiger partial charge on any atom is 0.260 e. The molecule has 90 valence electrons. The Kier molecular flexibility index (Phi) is 3.49. The lowest BCUT2D eigenvalue weighted by Gasteiger charge is -1.99. The first-order valence-electron chi connectivity index (χ1n) is 5.50. The topological polar surface area (TPSA) is 64.9 Å². The summed E-state index contributed by atoms with van der Waals surface area (Å²) < 4.78 is 18.8. The molecule has 0 saturated carbocycles. The SMILES string of the molecule is Cc1cccc(-c2nc(CCCN)no2)c1F. The molecule has 1 aromatic carbocycles. The summed E-state index contributed by atoms with van der Waals surface area (Å²) in [7, 11) is 0. The van der Waals surface area contributed by atoms with E-state index in [-0.39, 0.29) is 11.7 Å². The van der Waals surface area contributed by atoms with Gasteiger partial charge in [-0.15, -0.1) is 0 Å². The van der Waals surface area contributed by atoms with Crippen LogP contribution in [0.1, 0.15) is 17.8 Å². The zero-order valence-corrected chi connectivity index (χ0v) is 9.61. The number of rotatable bonds is 4. The van der Waals surface area contributed by atoms with Gasteiger partial charge in [-0.3, -0.25) is 0 Å². The highest BCUT2D eigenvalue weighted by Gasteiger charge is 2.14. The van der Waals surface area contributed by atoms with Crippen LogP contribution in [0.5, 0.6) is 0 Å². The molecule has 2 N–H and O–H groups in total. The van der Waals surface area contributed by atoms with E-state index in [2.05, 4.69) is 10.1 Å². The summed E-state index contributed by atoms with van der Waals surface area (Å²) in [5.74, 6) is 0.464. The van der Waals surface area contributed by atoms with E-state index in [0.717, 1.165) is 6.42 Å². The highest BCUT2D eigenvalue weighted by atomic mass is 19.1. The molecule has 5 heteroatoms. The van der Waals surface area contributed by atoms with Crippen molar-refractivity contribution in [2.24, 2.45) is 5.73 Å². The van der Waals surface area contributed by atoms with Crippen molar-refractivity contribution in [1.82, 2.24) is 10.1 Å². The average molecular weight is 235 g/mol. The van der Waals surface area contributed by atoms with Gasteiger partial charge in [0.15, 0.2) is 5.82 Å². The summed E-state index contributed by atoms with van der Waals surface area (Å²) in [6.45, 7) is 2.27. The van der Waals surface area contributed by atoms with Crippen LogP contribution >= 0.6 is 0 Å². The maximum absolute atomic E-state index is 13.8. The average Bonchev–Trinajstić information content (AvgIpc) is 2.78. The second-order valence-corrected chi connectivity index (χ2v) is 3.84. The predicted octanol–water partition coefficient (Wildman–Crippen LogP) is 2.08. The summed E-state index contributed by atoms with van der Waals surface area (Å²) >= 11 is 0. The number of halogens is 1. The molecule has 0 spiro atoms. The molecule has 0 aliphatic heterocycles. The van der Waals surface area contributed by atoms with Crippen molar-refractivity contribution in [3.63, 3.8) is 0 Å². The van der Waals surface area contributed by atoms with Gasteiger partial charge in [0, 0.05) is 6.42 Å². The first-order valence-corrected chi connectivity index (χ1v) is 5.50. The summed E-state index contributed by atoms with van der Waals surface area (Å²) in [6, 6.07) is 5.09. The van der Waals surface area contributed by atoms with Crippen molar-refractivity contribution in [2.75, 3.05) is 6.54 Å². The molecular formula is C12H14FN3O. The zero-order valence-electron chi connectivity index (χ0n) is 9.61. The lowest BCUT2D eigenvalue weighted by atomic mass is 10.1. The lowest BCUT2D eigenvalue weighted by Crippen LogP contribution is -2.01. The van der Waals surface area contributed by atoms with Crippen LogP contribution in [-0.2, 0) is 6.42 Å². The minimum Gasteiger partial charge on any atom is -0.334 e. The van der Waals surface area contributed by atoms with Gasteiger partial charge in [0.05, 0.1) is 5.56 Å². The molecule has 0 bridgehead atoms. The van der Waals surface area contributed by atoms with Crippen LogP contribution < -0.4 is 5.73 Å². The minimum atomic E-state index is -0.318. The largest absolute Gasteiger partial charge is 0.334 e. The fourth-order valence-electron chi connectivity index (χ4n) is 1.54. The molecule has 2 rings (SSSR count). The van der Waals surface area contributed by atoms with Gasteiger partial charge in [-0.25, -0.2) is 4.39 Å². The van der Waals surface area contributed by atoms with Crippen LogP contribution in [0.15, 0.2) is 22.7 Å². The zero-order chi connectivity index (χ0) is 12.3. The molecule has 0 aliphatic rings. The van der Waals surface area contributed by atoms with E-state index in [9.17, 15) is 4.39 Å². The predicted molar refractivity (Wildman–Crippen MR) is 61.8 cm³/mol. The Labute approximate surface area is 98.6 Å². The summed E-state index contributed by atoms with van der Waals surface area (Å²) in [6.07, 6.45) is 1.43. The van der Waals surface area contributed by atoms with Gasteiger partial charge in [0.1, 0.15) is 5.82 Å². The first kappa shape index (κ1) is 11.7. The van der Waals surface area contributed by atoms with Crippen molar-refractivity contribution >= 4 is 0 Å². The van der Waals surface area contributed by atoms with Gasteiger partial charge in [0.2, 0.25) is 0 Å². The Bertz CT molecular complexity index is 510. The van der Waals surface area contributed by atoms with Gasteiger partial charge < -0.3 is 10.3 Å². The van der Waals surface area contributed by atoms with Crippen molar-refractivity contribution < 1.29 is 8.91 Å². The third kappa shape index (κ3) is 2.50. The highest BCUT2D eigenvalue weighted by Crippen LogP contribution is 2.23. The molecule has 1 heterocycles. The number of benzene rings is 1. The quantitative estimate of drug-likeness (QED) is 0.881. The minimum absolute atomic E-state index is 0.221. The normalized spacial score (nSPS) is 10.8. The molecule has 2 aromatic rings. The molecule has 0 unspecified atom stereocenters. The fraction of sp³-hybridized carbons (Fsp3) is 0.333. The maximum atomic E-state index is 13.8. The number of hydrogen-bond acceptors (Lipinski definition) is 4. The number of aryl methyl sites for hydroxylation is 2. The smallest absolute Gasteiger partial charge is 0.260 e. The van der Waals surface area contributed by atoms with Crippen LogP contribution in [0.25, 0.3) is 11.5 Å². The summed E-state index contributed by atoms with van der Waals surface area (Å²) in [5, 5.41) is 3.79. The summed E-state index contributed by atoms with van der Waals surface area (Å²) in [4.78, 5) is 4.15. The van der Waals surface area contributed by atoms with E-state index < -0.39 is 0 Å². The second kappa shape index (κ2) is 5.05. The molecule has 0 aliphatic carbocycles. The van der Waals surface area contributed by atoms with Crippen molar-refractivity contribution in [3.05, 3.63) is 35.4 Å². The van der Waals surface area contributed by atoms with Crippen molar-refractivity contribution in [1.29, 1.82) is 0 Å². The van der Waals surface area contributed by atoms with E-state index in [1.54, 1.807) is 25.1 Å². The van der Waals surface area contributed by atoms with E-state index >= 15 is 0 Å². The van der Waals surface area contributed by atoms with E-state index in [1.807, 2.05) is 0 Å². The van der Waals surface area contributed by atoms with E-state index in [4.69, 9.17) is 10.3 Å². The van der Waals surface area contributed by atoms with E-state index in [1.165, 1.54) is 0 Å². The number of hydrogen-bond donors (Lipinski definition) is 1. The summed E-state index contributed by atoms with van der Waals surface area (Å²) in [5.41, 5.74) is 6.30. The monoisotopic (exact) mass is 235 g/mol. The molecule has 0 amide bonds. The molecule has 0 radical (unpaired) electrons. The number of aromatic nitrogens is 2. The second-order valence-electron chi connectivity index (χ2n) is 3.84. The Morgan fingerprint density at radius 2 is 2.24 bits per heavy atom. The molecule has 1 aromatic heterocycles. The van der Waals surface area contributed by atoms with Crippen molar-refractivity contribution in [2.45, 2.75) is 19.8 Å². The Morgan fingerprint density at radius 3 is 3.00 bits per heavy atom. The third-order valence-electron chi connectivity index (χ3n) is 2.49. The molecule has 0 atom stereocenters. The highest BCUT2D eigenvalue weighted by molar-refractivity contribution is 5.55. The Balaban J connectivity index is 2.27. The Hall–Kier alpha value is -1.75. The lowest BCUT2D eigenvalue weighted by molar-refractivity contribution is 0.419. The number of nitrogens with two attached hydrogens (primary N) is 1. The van der Waals surface area contributed by atoms with Crippen LogP contribution in [0.3, 0.4) is 0 Å². The molecule has 4 nitrogen and oxygen atoms in total.